The maximum absolute atomic E-state index is 13.8. The molecule has 0 aliphatic heterocycles. The van der Waals surface area contributed by atoms with E-state index in [4.69, 9.17) is 11.5 Å². The molecule has 0 radical (unpaired) electrons. The highest BCUT2D eigenvalue weighted by atomic mass is 16.4. The van der Waals surface area contributed by atoms with Crippen LogP contribution in [0.1, 0.15) is 30.9 Å². The Morgan fingerprint density at radius 1 is 1.21 bits per heavy atom. The number of likely N-dealkylation sites (N-methyl/N-ethyl adjacent to an activating group) is 1. The van der Waals surface area contributed by atoms with E-state index in [9.17, 15) is 39.9 Å². The van der Waals surface area contributed by atoms with Crippen LogP contribution in [0.25, 0.3) is 5.76 Å². The Morgan fingerprint density at radius 2 is 1.82 bits per heavy atom. The van der Waals surface area contributed by atoms with E-state index in [1.165, 1.54) is 18.0 Å². The number of nitrogen functional groups attached to an aromatic ring is 1. The number of primary amides is 1. The number of hydrogen-bond donors (Lipinski definition) is 7. The summed E-state index contributed by atoms with van der Waals surface area (Å²) in [6, 6.07) is 1.59. The molecular formula is C23H27N3O8. The van der Waals surface area contributed by atoms with Crippen LogP contribution in [-0.4, -0.2) is 79.2 Å². The molecule has 6 atom stereocenters. The molecule has 1 aromatic rings. The molecule has 34 heavy (non-hydrogen) atoms. The molecular weight excluding hydrogens is 446 g/mol. The largest absolute Gasteiger partial charge is 0.508 e. The molecule has 1 saturated carbocycles. The number of rotatable bonds is 3. The quantitative estimate of drug-likeness (QED) is 0.169. The lowest BCUT2D eigenvalue weighted by molar-refractivity contribution is -0.170. The van der Waals surface area contributed by atoms with Crippen LogP contribution < -0.4 is 11.5 Å². The number of phenols is 1. The first kappa shape index (κ1) is 23.7. The second kappa shape index (κ2) is 7.55. The van der Waals surface area contributed by atoms with Crippen molar-refractivity contribution < 1.29 is 39.9 Å². The molecule has 182 valence electrons. The van der Waals surface area contributed by atoms with Crippen molar-refractivity contribution in [2.24, 2.45) is 17.6 Å². The summed E-state index contributed by atoms with van der Waals surface area (Å²) in [7, 11) is 1.50. The summed E-state index contributed by atoms with van der Waals surface area (Å²) < 4.78 is 0. The van der Waals surface area contributed by atoms with Gasteiger partial charge in [-0.25, -0.2) is 0 Å². The van der Waals surface area contributed by atoms with Gasteiger partial charge in [0.05, 0.1) is 29.3 Å². The van der Waals surface area contributed by atoms with Gasteiger partial charge >= 0.3 is 0 Å². The number of carbonyl (C=O) groups excluding carboxylic acids is 3. The van der Waals surface area contributed by atoms with Crippen LogP contribution in [0.2, 0.25) is 0 Å². The summed E-state index contributed by atoms with van der Waals surface area (Å²) in [6.45, 7) is 3.58. The van der Waals surface area contributed by atoms with Gasteiger partial charge in [0, 0.05) is 11.5 Å². The maximum Gasteiger partial charge on any atom is 0.255 e. The zero-order valence-electron chi connectivity index (χ0n) is 18.8. The zero-order valence-corrected chi connectivity index (χ0v) is 18.8. The Hall–Kier alpha value is -3.41. The second-order valence-corrected chi connectivity index (χ2v) is 9.13. The minimum Gasteiger partial charge on any atom is -0.508 e. The molecule has 3 aliphatic rings. The number of ketones is 2. The summed E-state index contributed by atoms with van der Waals surface area (Å²) in [6.07, 6.45) is -1.62. The van der Waals surface area contributed by atoms with Crippen molar-refractivity contribution in [3.63, 3.8) is 0 Å². The average Bonchev–Trinajstić information content (AvgIpc) is 2.77. The van der Waals surface area contributed by atoms with Gasteiger partial charge in [0.15, 0.2) is 11.4 Å². The number of nitrogens with zero attached hydrogens (tertiary/aromatic N) is 1. The molecule has 11 nitrogen and oxygen atoms in total. The van der Waals surface area contributed by atoms with Gasteiger partial charge in [-0.15, -0.1) is 0 Å². The van der Waals surface area contributed by atoms with Crippen molar-refractivity contribution in [1.82, 2.24) is 4.90 Å². The fraction of sp³-hybridized carbons (Fsp3) is 0.435. The molecule has 2 unspecified atom stereocenters. The summed E-state index contributed by atoms with van der Waals surface area (Å²) >= 11 is 0. The number of fused-ring (bicyclic) bond motifs is 3. The number of benzene rings is 1. The molecule has 3 aliphatic carbocycles. The van der Waals surface area contributed by atoms with E-state index in [-0.39, 0.29) is 17.8 Å². The first-order valence-electron chi connectivity index (χ1n) is 10.8. The Kier molecular flexibility index (Phi) is 5.27. The van der Waals surface area contributed by atoms with Crippen molar-refractivity contribution in [3.8, 4) is 5.75 Å². The Labute approximate surface area is 194 Å². The van der Waals surface area contributed by atoms with Crippen molar-refractivity contribution in [2.75, 3.05) is 19.3 Å². The number of phenolic OH excluding ortho intramolecular Hbond substituents is 1. The molecule has 0 bridgehead atoms. The van der Waals surface area contributed by atoms with Gasteiger partial charge in [-0.1, -0.05) is 19.9 Å². The lowest BCUT2D eigenvalue weighted by atomic mass is 9.54. The van der Waals surface area contributed by atoms with Crippen molar-refractivity contribution >= 4 is 28.9 Å². The highest BCUT2D eigenvalue weighted by Gasteiger charge is 2.68. The monoisotopic (exact) mass is 473 g/mol. The van der Waals surface area contributed by atoms with Gasteiger partial charge in [-0.3, -0.25) is 19.3 Å². The third kappa shape index (κ3) is 2.71. The normalized spacial score (nSPS) is 33.1. The predicted molar refractivity (Wildman–Crippen MR) is 119 cm³/mol. The molecule has 9 N–H and O–H groups in total. The maximum atomic E-state index is 13.8. The summed E-state index contributed by atoms with van der Waals surface area (Å²) in [5, 5.41) is 55.5. The van der Waals surface area contributed by atoms with Crippen LogP contribution in [-0.2, 0) is 14.4 Å². The SMILES string of the molecule is CCN(C)[C@@H]1C(=O)C(C(N)=O)=C(O)[C@@]2(O)C(=O)C3=C(O)c4c(ccc(N)c4O)[C@H](C)C3[C@H](O)C12. The first-order valence-corrected chi connectivity index (χ1v) is 10.8. The van der Waals surface area contributed by atoms with Gasteiger partial charge in [-0.05, 0) is 31.1 Å². The van der Waals surface area contributed by atoms with Gasteiger partial charge in [0.1, 0.15) is 22.8 Å². The number of carbonyl (C=O) groups is 3. The van der Waals surface area contributed by atoms with Gasteiger partial charge < -0.3 is 37.0 Å². The first-order chi connectivity index (χ1) is 15.8. The highest BCUT2D eigenvalue weighted by Crippen LogP contribution is 2.56. The average molecular weight is 473 g/mol. The smallest absolute Gasteiger partial charge is 0.255 e. The number of Topliss-reactive ketones (excluding diaryl/α,β-unsaturated/α-hetero) is 2. The molecule has 0 aromatic heterocycles. The van der Waals surface area contributed by atoms with Crippen molar-refractivity contribution in [2.45, 2.75) is 37.5 Å². The lowest BCUT2D eigenvalue weighted by Crippen LogP contribution is -2.70. The number of nitrogens with two attached hydrogens (primary N) is 2. The molecule has 0 spiro atoms. The number of anilines is 1. The number of hydrogen-bond acceptors (Lipinski definition) is 10. The van der Waals surface area contributed by atoms with E-state index in [2.05, 4.69) is 0 Å². The van der Waals surface area contributed by atoms with Crippen LogP contribution in [0, 0.1) is 11.8 Å². The van der Waals surface area contributed by atoms with E-state index in [0.717, 1.165) is 0 Å². The Morgan fingerprint density at radius 3 is 2.38 bits per heavy atom. The third-order valence-corrected chi connectivity index (χ3v) is 7.58. The fourth-order valence-corrected chi connectivity index (χ4v) is 5.75. The van der Waals surface area contributed by atoms with Crippen molar-refractivity contribution in [1.29, 1.82) is 0 Å². The van der Waals surface area contributed by atoms with Gasteiger partial charge in [-0.2, -0.15) is 0 Å². The minimum atomic E-state index is -2.93. The van der Waals surface area contributed by atoms with Gasteiger partial charge in [0.25, 0.3) is 5.91 Å². The van der Waals surface area contributed by atoms with Crippen LogP contribution in [0.15, 0.2) is 29.0 Å². The molecule has 0 saturated heterocycles. The number of aromatic hydroxyl groups is 1. The van der Waals surface area contributed by atoms with E-state index < -0.39 is 81.4 Å². The van der Waals surface area contributed by atoms with Crippen LogP contribution >= 0.6 is 0 Å². The second-order valence-electron chi connectivity index (χ2n) is 9.13. The van der Waals surface area contributed by atoms with Gasteiger partial charge in [0.2, 0.25) is 5.78 Å². The standard InChI is InChI=1S/C23H27N3O8/c1-4-26(3)15-14-18(29)10-7(2)8-5-6-9(24)16(27)11(8)17(28)12(10)20(31)23(14,34)21(32)13(19(15)30)22(25)33/h5-7,10,14-15,18,27-29,32,34H,4,24H2,1-3H3,(H2,25,33)/t7-,10?,14?,15-,18-,23-/m0/s1. The Bertz CT molecular complexity index is 1200. The van der Waals surface area contributed by atoms with E-state index in [0.29, 0.717) is 5.56 Å². The molecule has 1 aromatic carbocycles. The van der Waals surface area contributed by atoms with E-state index >= 15 is 0 Å². The van der Waals surface area contributed by atoms with Crippen molar-refractivity contribution in [3.05, 3.63) is 40.2 Å². The summed E-state index contributed by atoms with van der Waals surface area (Å²) in [5.41, 5.74) is 6.94. The third-order valence-electron chi connectivity index (χ3n) is 7.58. The predicted octanol–water partition coefficient (Wildman–Crippen LogP) is -0.532. The van der Waals surface area contributed by atoms with Crippen LogP contribution in [0.4, 0.5) is 5.69 Å². The topological polar surface area (TPSA) is 208 Å². The number of aliphatic hydroxyl groups excluding tert-OH is 3. The van der Waals surface area contributed by atoms with Crippen LogP contribution in [0.5, 0.6) is 5.75 Å². The molecule has 1 amide bonds. The molecule has 11 heteroatoms. The fourth-order valence-electron chi connectivity index (χ4n) is 5.75. The Balaban J connectivity index is 2.07. The number of amides is 1. The zero-order chi connectivity index (χ0) is 25.4. The molecule has 0 heterocycles. The lowest BCUT2D eigenvalue weighted by Gasteiger charge is -2.54. The summed E-state index contributed by atoms with van der Waals surface area (Å²) in [4.78, 5) is 40.5. The highest BCUT2D eigenvalue weighted by molar-refractivity contribution is 6.24. The minimum absolute atomic E-state index is 0.0661. The summed E-state index contributed by atoms with van der Waals surface area (Å²) in [5.74, 6) is -9.29. The number of aliphatic hydroxyl groups is 4. The molecule has 4 rings (SSSR count). The van der Waals surface area contributed by atoms with E-state index in [1.807, 2.05) is 0 Å². The molecule has 1 fully saturated rings. The van der Waals surface area contributed by atoms with Crippen LogP contribution in [0.3, 0.4) is 0 Å². The van der Waals surface area contributed by atoms with E-state index in [1.54, 1.807) is 19.9 Å².